The molecule has 0 unspecified atom stereocenters. The predicted octanol–water partition coefficient (Wildman–Crippen LogP) is 6.79. The minimum atomic E-state index is -0.911. The highest BCUT2D eigenvalue weighted by Gasteiger charge is 2.45. The van der Waals surface area contributed by atoms with Crippen LogP contribution in [0.3, 0.4) is 0 Å². The van der Waals surface area contributed by atoms with Crippen molar-refractivity contribution in [2.45, 2.75) is 102 Å². The first-order valence-electron chi connectivity index (χ1n) is 16.7. The van der Waals surface area contributed by atoms with E-state index < -0.39 is 17.7 Å². The summed E-state index contributed by atoms with van der Waals surface area (Å²) in [4.78, 5) is 23.1. The summed E-state index contributed by atoms with van der Waals surface area (Å²) in [6.45, 7) is 2.13. The lowest BCUT2D eigenvalue weighted by atomic mass is 9.63. The molecule has 2 aromatic carbocycles. The summed E-state index contributed by atoms with van der Waals surface area (Å²) in [6.07, 6.45) is 15.1. The first-order chi connectivity index (χ1) is 21.8. The quantitative estimate of drug-likeness (QED) is 0.279. The second-order valence-electron chi connectivity index (χ2n) is 13.5. The van der Waals surface area contributed by atoms with E-state index >= 15 is 0 Å². The van der Waals surface area contributed by atoms with Gasteiger partial charge in [-0.05, 0) is 92.5 Å². The Morgan fingerprint density at radius 3 is 2.33 bits per heavy atom. The van der Waals surface area contributed by atoms with Crippen molar-refractivity contribution in [1.29, 1.82) is 0 Å². The molecule has 1 atom stereocenters. The molecule has 7 nitrogen and oxygen atoms in total. The van der Waals surface area contributed by atoms with Crippen molar-refractivity contribution in [1.82, 2.24) is 19.7 Å². The van der Waals surface area contributed by atoms with Crippen LogP contribution in [0.1, 0.15) is 76.2 Å². The standard InChI is InChI=1S/C35H45ClF2N6O/c36-27-8-6-25(7-9-27)20-33(44(29-12-10-28(39)11-13-29)30-14-15-31(37)32(38)21-30)34(45)42-18-16-35(17-19-42,22-43-24-40-23-41-43)26-4-2-1-3-5-26/h6-9,14-15,21,23-24,26,28-29,33H,1-5,10-13,16-20,22,39H2/t28-,29-,33-/m1/s1. The van der Waals surface area contributed by atoms with Crippen LogP contribution >= 0.6 is 11.6 Å². The molecule has 6 rings (SSSR count). The Hall–Kier alpha value is -3.04. The highest BCUT2D eigenvalue weighted by atomic mass is 35.5. The van der Waals surface area contributed by atoms with E-state index in [4.69, 9.17) is 17.3 Å². The van der Waals surface area contributed by atoms with Gasteiger partial charge in [-0.1, -0.05) is 43.0 Å². The third kappa shape index (κ3) is 7.35. The van der Waals surface area contributed by atoms with Gasteiger partial charge in [-0.25, -0.2) is 13.8 Å². The first kappa shape index (κ1) is 31.9. The summed E-state index contributed by atoms with van der Waals surface area (Å²) < 4.78 is 30.8. The van der Waals surface area contributed by atoms with Gasteiger partial charge in [0.2, 0.25) is 5.91 Å². The van der Waals surface area contributed by atoms with Gasteiger partial charge < -0.3 is 15.5 Å². The summed E-state index contributed by atoms with van der Waals surface area (Å²) in [7, 11) is 0. The lowest BCUT2D eigenvalue weighted by Crippen LogP contribution is -2.57. The number of likely N-dealkylation sites (tertiary alicyclic amines) is 1. The maximum absolute atomic E-state index is 14.8. The van der Waals surface area contributed by atoms with Crippen molar-refractivity contribution in [3.8, 4) is 0 Å². The predicted molar refractivity (Wildman–Crippen MR) is 173 cm³/mol. The molecule has 2 heterocycles. The van der Waals surface area contributed by atoms with Gasteiger partial charge >= 0.3 is 0 Å². The number of carbonyl (C=O) groups is 1. The third-order valence-electron chi connectivity index (χ3n) is 10.8. The fourth-order valence-corrected chi connectivity index (χ4v) is 8.38. The fraction of sp³-hybridized carbons (Fsp3) is 0.571. The number of carbonyl (C=O) groups excluding carboxylic acids is 1. The van der Waals surface area contributed by atoms with Crippen molar-refractivity contribution in [2.24, 2.45) is 17.1 Å². The van der Waals surface area contributed by atoms with Crippen LogP contribution in [0.4, 0.5) is 14.5 Å². The smallest absolute Gasteiger partial charge is 0.245 e. The lowest BCUT2D eigenvalue weighted by molar-refractivity contribution is -0.136. The van der Waals surface area contributed by atoms with Crippen molar-refractivity contribution in [3.63, 3.8) is 0 Å². The summed E-state index contributed by atoms with van der Waals surface area (Å²) in [5.74, 6) is -1.18. The zero-order valence-electron chi connectivity index (χ0n) is 26.0. The molecule has 1 amide bonds. The van der Waals surface area contributed by atoms with Gasteiger partial charge in [-0.2, -0.15) is 5.10 Å². The second-order valence-corrected chi connectivity index (χ2v) is 14.0. The number of hydrogen-bond donors (Lipinski definition) is 1. The van der Waals surface area contributed by atoms with Crippen LogP contribution in [0.15, 0.2) is 55.1 Å². The monoisotopic (exact) mass is 638 g/mol. The number of anilines is 1. The molecule has 3 aliphatic rings. The molecule has 0 radical (unpaired) electrons. The minimum Gasteiger partial charge on any atom is -0.356 e. The average Bonchev–Trinajstić information content (AvgIpc) is 3.57. The summed E-state index contributed by atoms with van der Waals surface area (Å²) in [6, 6.07) is 11.1. The molecule has 2 saturated carbocycles. The minimum absolute atomic E-state index is 0.0191. The molecule has 242 valence electrons. The van der Waals surface area contributed by atoms with Gasteiger partial charge in [0, 0.05) is 54.9 Å². The second kappa shape index (κ2) is 14.2. The first-order valence-corrected chi connectivity index (χ1v) is 17.0. The van der Waals surface area contributed by atoms with E-state index in [0.717, 1.165) is 50.6 Å². The molecule has 0 bridgehead atoms. The van der Waals surface area contributed by atoms with E-state index in [1.165, 1.54) is 44.2 Å². The van der Waals surface area contributed by atoms with E-state index in [1.54, 1.807) is 18.7 Å². The number of rotatable bonds is 9. The largest absolute Gasteiger partial charge is 0.356 e. The topological polar surface area (TPSA) is 80.3 Å². The molecule has 2 N–H and O–H groups in total. The van der Waals surface area contributed by atoms with Crippen LogP contribution in [0.25, 0.3) is 0 Å². The summed E-state index contributed by atoms with van der Waals surface area (Å²) in [5, 5.41) is 5.08. The Morgan fingerprint density at radius 2 is 1.69 bits per heavy atom. The van der Waals surface area contributed by atoms with Crippen molar-refractivity contribution in [3.05, 3.63) is 77.3 Å². The Kier molecular flexibility index (Phi) is 10.0. The Balaban J connectivity index is 1.31. The van der Waals surface area contributed by atoms with Gasteiger partial charge in [-0.15, -0.1) is 0 Å². The van der Waals surface area contributed by atoms with Crippen LogP contribution in [-0.2, 0) is 17.8 Å². The van der Waals surface area contributed by atoms with E-state index in [-0.39, 0.29) is 23.4 Å². The number of nitrogens with two attached hydrogens (primary N) is 1. The van der Waals surface area contributed by atoms with Crippen molar-refractivity contribution < 1.29 is 13.6 Å². The molecule has 45 heavy (non-hydrogen) atoms. The van der Waals surface area contributed by atoms with Crippen molar-refractivity contribution >= 4 is 23.2 Å². The highest BCUT2D eigenvalue weighted by Crippen LogP contribution is 2.47. The molecule has 3 aromatic rings. The molecular weight excluding hydrogens is 594 g/mol. The number of halogens is 3. The van der Waals surface area contributed by atoms with Gasteiger partial charge in [0.25, 0.3) is 0 Å². The van der Waals surface area contributed by atoms with Gasteiger partial charge in [0.15, 0.2) is 11.6 Å². The molecule has 10 heteroatoms. The number of benzene rings is 2. The normalized spacial score (nSPS) is 23.1. The molecule has 1 aromatic heterocycles. The molecule has 0 spiro atoms. The van der Waals surface area contributed by atoms with Crippen LogP contribution in [0.5, 0.6) is 0 Å². The van der Waals surface area contributed by atoms with Gasteiger partial charge in [0.05, 0.1) is 0 Å². The SMILES string of the molecule is N[C@H]1CC[C@H](N(c2ccc(F)c(F)c2)[C@H](Cc2ccc(Cl)cc2)C(=O)N2CCC(Cn3cncn3)(C3CCCCC3)CC2)CC1. The van der Waals surface area contributed by atoms with E-state index in [2.05, 4.69) is 15.0 Å². The number of amides is 1. The molecule has 1 aliphatic heterocycles. The van der Waals surface area contributed by atoms with Crippen LogP contribution in [0, 0.1) is 23.0 Å². The van der Waals surface area contributed by atoms with Crippen LogP contribution in [0.2, 0.25) is 5.02 Å². The molecular formula is C35H45ClF2N6O. The zero-order chi connectivity index (χ0) is 31.4. The Bertz CT molecular complexity index is 1400. The number of hydrogen-bond acceptors (Lipinski definition) is 5. The molecule has 1 saturated heterocycles. The molecule has 2 aliphatic carbocycles. The number of nitrogens with zero attached hydrogens (tertiary/aromatic N) is 5. The van der Waals surface area contributed by atoms with Crippen molar-refractivity contribution in [2.75, 3.05) is 18.0 Å². The third-order valence-corrected chi connectivity index (χ3v) is 11.0. The van der Waals surface area contributed by atoms with Crippen LogP contribution < -0.4 is 10.6 Å². The molecule has 3 fully saturated rings. The Morgan fingerprint density at radius 1 is 0.978 bits per heavy atom. The maximum atomic E-state index is 14.8. The maximum Gasteiger partial charge on any atom is 0.245 e. The lowest BCUT2D eigenvalue weighted by Gasteiger charge is -2.49. The van der Waals surface area contributed by atoms with E-state index in [9.17, 15) is 13.6 Å². The van der Waals surface area contributed by atoms with Gasteiger partial charge in [0.1, 0.15) is 18.7 Å². The van der Waals surface area contributed by atoms with E-state index in [1.807, 2.05) is 33.8 Å². The Labute approximate surface area is 270 Å². The summed E-state index contributed by atoms with van der Waals surface area (Å²) >= 11 is 6.22. The van der Waals surface area contributed by atoms with Crippen LogP contribution in [-0.4, -0.2) is 56.8 Å². The summed E-state index contributed by atoms with van der Waals surface area (Å²) in [5.41, 5.74) is 7.84. The van der Waals surface area contributed by atoms with Gasteiger partial charge in [-0.3, -0.25) is 9.48 Å². The number of piperidine rings is 1. The highest BCUT2D eigenvalue weighted by molar-refractivity contribution is 6.30. The number of aromatic nitrogens is 3. The fourth-order valence-electron chi connectivity index (χ4n) is 8.25. The average molecular weight is 639 g/mol. The zero-order valence-corrected chi connectivity index (χ0v) is 26.7. The van der Waals surface area contributed by atoms with E-state index in [0.29, 0.717) is 36.1 Å².